The van der Waals surface area contributed by atoms with Crippen LogP contribution in [0, 0.1) is 16.0 Å². The van der Waals surface area contributed by atoms with Crippen LogP contribution >= 0.6 is 0 Å². The lowest BCUT2D eigenvalue weighted by atomic mass is 10.1. The number of sulfonamides is 1. The molecule has 0 saturated carbocycles. The zero-order chi connectivity index (χ0) is 16.9. The third-order valence-electron chi connectivity index (χ3n) is 2.95. The standard InChI is InChI=1S/C13H20N4O4S/c1-9(2)4-5-10(3)15-16-12-7-6-11(22(14,20)21)8-13(12)17(18)19/h6-9,16H,4-5H2,1-3H3,(H2,14,20,21). The van der Waals surface area contributed by atoms with Gasteiger partial charge in [0.05, 0.1) is 9.82 Å². The van der Waals surface area contributed by atoms with Crippen LogP contribution in [0.25, 0.3) is 0 Å². The van der Waals surface area contributed by atoms with Crippen LogP contribution in [-0.2, 0) is 10.0 Å². The Morgan fingerprint density at radius 2 is 2.09 bits per heavy atom. The summed E-state index contributed by atoms with van der Waals surface area (Å²) in [7, 11) is -3.99. The van der Waals surface area contributed by atoms with Crippen molar-refractivity contribution >= 4 is 27.1 Å². The van der Waals surface area contributed by atoms with Gasteiger partial charge in [0.2, 0.25) is 10.0 Å². The maximum Gasteiger partial charge on any atom is 0.295 e. The van der Waals surface area contributed by atoms with Crippen LogP contribution in [0.3, 0.4) is 0 Å². The second kappa shape index (κ2) is 7.32. The highest BCUT2D eigenvalue weighted by Gasteiger charge is 2.18. The number of nitro groups is 1. The second-order valence-corrected chi connectivity index (χ2v) is 6.93. The van der Waals surface area contributed by atoms with Gasteiger partial charge in [0.1, 0.15) is 5.69 Å². The van der Waals surface area contributed by atoms with E-state index in [1.165, 1.54) is 12.1 Å². The van der Waals surface area contributed by atoms with Crippen molar-refractivity contribution in [2.45, 2.75) is 38.5 Å². The van der Waals surface area contributed by atoms with Crippen LogP contribution < -0.4 is 10.6 Å². The van der Waals surface area contributed by atoms with Crippen LogP contribution in [-0.4, -0.2) is 19.1 Å². The van der Waals surface area contributed by atoms with E-state index < -0.39 is 20.6 Å². The first kappa shape index (κ1) is 18.1. The van der Waals surface area contributed by atoms with Crippen molar-refractivity contribution < 1.29 is 13.3 Å². The topological polar surface area (TPSA) is 128 Å². The van der Waals surface area contributed by atoms with E-state index in [0.717, 1.165) is 24.6 Å². The minimum Gasteiger partial charge on any atom is -0.272 e. The number of nitrogens with two attached hydrogens (primary N) is 1. The van der Waals surface area contributed by atoms with Crippen molar-refractivity contribution in [2.75, 3.05) is 5.43 Å². The zero-order valence-corrected chi connectivity index (χ0v) is 13.6. The number of benzene rings is 1. The molecule has 0 aliphatic rings. The number of hydrogen-bond donors (Lipinski definition) is 2. The highest BCUT2D eigenvalue weighted by atomic mass is 32.2. The number of rotatable bonds is 7. The molecule has 0 fully saturated rings. The number of nitrogens with one attached hydrogen (secondary N) is 1. The lowest BCUT2D eigenvalue weighted by Gasteiger charge is -2.07. The van der Waals surface area contributed by atoms with Crippen LogP contribution in [0.5, 0.6) is 0 Å². The zero-order valence-electron chi connectivity index (χ0n) is 12.7. The van der Waals surface area contributed by atoms with Gasteiger partial charge in [-0.15, -0.1) is 0 Å². The molecule has 3 N–H and O–H groups in total. The van der Waals surface area contributed by atoms with E-state index in [1.807, 2.05) is 6.92 Å². The first-order chi connectivity index (χ1) is 10.1. The first-order valence-electron chi connectivity index (χ1n) is 6.71. The summed E-state index contributed by atoms with van der Waals surface area (Å²) >= 11 is 0. The molecule has 0 aromatic heterocycles. The summed E-state index contributed by atoms with van der Waals surface area (Å²) in [5.41, 5.74) is 3.13. The van der Waals surface area contributed by atoms with Gasteiger partial charge in [-0.25, -0.2) is 13.6 Å². The number of primary sulfonamides is 1. The fraction of sp³-hybridized carbons (Fsp3) is 0.462. The van der Waals surface area contributed by atoms with Crippen LogP contribution in [0.2, 0.25) is 0 Å². The average Bonchev–Trinajstić information content (AvgIpc) is 2.41. The predicted molar refractivity (Wildman–Crippen MR) is 85.3 cm³/mol. The minimum atomic E-state index is -3.99. The summed E-state index contributed by atoms with van der Waals surface area (Å²) in [6.07, 6.45) is 1.73. The van der Waals surface area contributed by atoms with E-state index >= 15 is 0 Å². The molecule has 22 heavy (non-hydrogen) atoms. The smallest absolute Gasteiger partial charge is 0.272 e. The Kier molecular flexibility index (Phi) is 6.01. The molecule has 0 aliphatic carbocycles. The molecule has 0 radical (unpaired) electrons. The van der Waals surface area contributed by atoms with Gasteiger partial charge in [-0.05, 0) is 37.8 Å². The van der Waals surface area contributed by atoms with Gasteiger partial charge in [-0.2, -0.15) is 5.10 Å². The predicted octanol–water partition coefficient (Wildman–Crippen LogP) is 2.47. The molecule has 122 valence electrons. The van der Waals surface area contributed by atoms with Gasteiger partial charge >= 0.3 is 0 Å². The summed E-state index contributed by atoms with van der Waals surface area (Å²) in [4.78, 5) is 10.0. The summed E-state index contributed by atoms with van der Waals surface area (Å²) in [6, 6.07) is 3.39. The molecule has 0 atom stereocenters. The number of nitrogens with zero attached hydrogens (tertiary/aromatic N) is 2. The first-order valence-corrected chi connectivity index (χ1v) is 8.26. The van der Waals surface area contributed by atoms with Crippen molar-refractivity contribution in [3.63, 3.8) is 0 Å². The monoisotopic (exact) mass is 328 g/mol. The molecule has 0 amide bonds. The van der Waals surface area contributed by atoms with Gasteiger partial charge in [0.15, 0.2) is 0 Å². The Bertz CT molecular complexity index is 683. The van der Waals surface area contributed by atoms with Gasteiger partial charge in [0.25, 0.3) is 5.69 Å². The molecule has 8 nitrogen and oxygen atoms in total. The maximum absolute atomic E-state index is 11.2. The second-order valence-electron chi connectivity index (χ2n) is 5.37. The van der Waals surface area contributed by atoms with Crippen molar-refractivity contribution in [2.24, 2.45) is 16.2 Å². The normalized spacial score (nSPS) is 12.5. The minimum absolute atomic E-state index is 0.112. The SMILES string of the molecule is CC(CCC(C)C)=NNc1ccc(S(N)(=O)=O)cc1[N+](=O)[O-]. The number of hydrazone groups is 1. The quantitative estimate of drug-likeness (QED) is 0.451. The molecule has 0 aliphatic heterocycles. The molecule has 0 unspecified atom stereocenters. The maximum atomic E-state index is 11.2. The van der Waals surface area contributed by atoms with E-state index in [2.05, 4.69) is 24.4 Å². The van der Waals surface area contributed by atoms with Gasteiger partial charge in [0, 0.05) is 11.8 Å². The molecule has 9 heteroatoms. The van der Waals surface area contributed by atoms with E-state index in [0.29, 0.717) is 5.92 Å². The van der Waals surface area contributed by atoms with Gasteiger partial charge in [-0.3, -0.25) is 15.5 Å². The molecule has 1 aromatic carbocycles. The molecule has 0 bridgehead atoms. The summed E-state index contributed by atoms with van der Waals surface area (Å²) in [6.45, 7) is 6.01. The third-order valence-corrected chi connectivity index (χ3v) is 3.86. The van der Waals surface area contributed by atoms with E-state index in [-0.39, 0.29) is 10.6 Å². The van der Waals surface area contributed by atoms with E-state index in [9.17, 15) is 18.5 Å². The van der Waals surface area contributed by atoms with E-state index in [4.69, 9.17) is 5.14 Å². The van der Waals surface area contributed by atoms with Gasteiger partial charge < -0.3 is 0 Å². The lowest BCUT2D eigenvalue weighted by Crippen LogP contribution is -2.12. The highest BCUT2D eigenvalue weighted by molar-refractivity contribution is 7.89. The number of hydrogen-bond acceptors (Lipinski definition) is 6. The van der Waals surface area contributed by atoms with E-state index in [1.54, 1.807) is 0 Å². The van der Waals surface area contributed by atoms with Crippen molar-refractivity contribution in [3.05, 3.63) is 28.3 Å². The molecule has 0 saturated heterocycles. The molecule has 1 aromatic rings. The Hall–Kier alpha value is -2.00. The lowest BCUT2D eigenvalue weighted by molar-refractivity contribution is -0.384. The average molecular weight is 328 g/mol. The summed E-state index contributed by atoms with van der Waals surface area (Å²) < 4.78 is 22.5. The highest BCUT2D eigenvalue weighted by Crippen LogP contribution is 2.27. The van der Waals surface area contributed by atoms with Crippen LogP contribution in [0.4, 0.5) is 11.4 Å². The third kappa shape index (κ3) is 5.41. The fourth-order valence-corrected chi connectivity index (χ4v) is 2.18. The van der Waals surface area contributed by atoms with Crippen molar-refractivity contribution in [1.82, 2.24) is 0 Å². The van der Waals surface area contributed by atoms with Gasteiger partial charge in [-0.1, -0.05) is 13.8 Å². The molecular formula is C13H20N4O4S. The summed E-state index contributed by atoms with van der Waals surface area (Å²) in [5.74, 6) is 0.536. The van der Waals surface area contributed by atoms with Crippen molar-refractivity contribution in [3.8, 4) is 0 Å². The molecule has 1 rings (SSSR count). The molecule has 0 spiro atoms. The summed E-state index contributed by atoms with van der Waals surface area (Å²) in [5, 5.41) is 20.1. The largest absolute Gasteiger partial charge is 0.295 e. The number of anilines is 1. The Morgan fingerprint density at radius 1 is 1.45 bits per heavy atom. The van der Waals surface area contributed by atoms with Crippen LogP contribution in [0.1, 0.15) is 33.6 Å². The van der Waals surface area contributed by atoms with Crippen LogP contribution in [0.15, 0.2) is 28.2 Å². The Balaban J connectivity index is 3.00. The Labute approximate surface area is 129 Å². The number of nitro benzene ring substituents is 1. The Morgan fingerprint density at radius 3 is 2.59 bits per heavy atom. The fourth-order valence-electron chi connectivity index (χ4n) is 1.64. The molecular weight excluding hydrogens is 308 g/mol. The molecule has 0 heterocycles. The van der Waals surface area contributed by atoms with Crippen molar-refractivity contribution in [1.29, 1.82) is 0 Å².